The first-order valence-corrected chi connectivity index (χ1v) is 10.7. The zero-order valence-electron chi connectivity index (χ0n) is 17.3. The highest BCUT2D eigenvalue weighted by Gasteiger charge is 2.49. The van der Waals surface area contributed by atoms with Crippen molar-refractivity contribution in [1.29, 1.82) is 0 Å². The van der Waals surface area contributed by atoms with Gasteiger partial charge in [-0.2, -0.15) is 0 Å². The third kappa shape index (κ3) is 2.99. The molecule has 3 heterocycles. The van der Waals surface area contributed by atoms with E-state index >= 15 is 0 Å². The molecule has 2 aromatic heterocycles. The number of pyridine rings is 1. The normalized spacial score (nSPS) is 22.8. The molecule has 29 heavy (non-hydrogen) atoms. The third-order valence-corrected chi connectivity index (χ3v) is 6.50. The fourth-order valence-corrected chi connectivity index (χ4v) is 5.09. The van der Waals surface area contributed by atoms with E-state index in [9.17, 15) is 0 Å². The topological polar surface area (TPSA) is 60.0 Å². The SMILES string of the molecule is C=C1N(Cc2nc3cc(Cl)ccc3n2N)c2cnccc2C12CCC(C)C2.CC. The summed E-state index contributed by atoms with van der Waals surface area (Å²) in [4.78, 5) is 11.3. The van der Waals surface area contributed by atoms with Crippen molar-refractivity contribution in [2.75, 3.05) is 10.7 Å². The number of imidazole rings is 1. The minimum atomic E-state index is 0.0203. The molecule has 1 aliphatic heterocycles. The Balaban J connectivity index is 0.000000994. The number of nitrogens with zero attached hydrogens (tertiary/aromatic N) is 4. The van der Waals surface area contributed by atoms with Gasteiger partial charge in [-0.25, -0.2) is 9.66 Å². The van der Waals surface area contributed by atoms with Crippen LogP contribution in [-0.4, -0.2) is 14.6 Å². The van der Waals surface area contributed by atoms with Crippen LogP contribution in [0.1, 0.15) is 51.4 Å². The molecule has 3 aromatic rings. The first kappa shape index (κ1) is 19.8. The van der Waals surface area contributed by atoms with E-state index in [1.165, 1.54) is 12.0 Å². The van der Waals surface area contributed by atoms with E-state index in [1.54, 1.807) is 4.68 Å². The molecule has 1 aliphatic carbocycles. The Morgan fingerprint density at radius 1 is 1.31 bits per heavy atom. The minimum Gasteiger partial charge on any atom is -0.337 e. The number of halogens is 1. The van der Waals surface area contributed by atoms with Gasteiger partial charge in [0.1, 0.15) is 5.82 Å². The molecular formula is C23H28ClN5. The van der Waals surface area contributed by atoms with Crippen molar-refractivity contribution in [3.63, 3.8) is 0 Å². The van der Waals surface area contributed by atoms with Gasteiger partial charge in [0.25, 0.3) is 0 Å². The van der Waals surface area contributed by atoms with Gasteiger partial charge in [0.05, 0.1) is 29.5 Å². The fraction of sp³-hybridized carbons (Fsp3) is 0.391. The van der Waals surface area contributed by atoms with E-state index in [0.717, 1.165) is 41.1 Å². The van der Waals surface area contributed by atoms with Gasteiger partial charge in [0, 0.05) is 22.3 Å². The number of anilines is 1. The molecule has 1 spiro atoms. The van der Waals surface area contributed by atoms with E-state index in [0.29, 0.717) is 17.5 Å². The molecule has 2 N–H and O–H groups in total. The summed E-state index contributed by atoms with van der Waals surface area (Å²) in [6, 6.07) is 7.74. The van der Waals surface area contributed by atoms with Crippen molar-refractivity contribution in [1.82, 2.24) is 14.6 Å². The second kappa shape index (κ2) is 7.38. The number of rotatable bonds is 2. The maximum Gasteiger partial charge on any atom is 0.148 e. The summed E-state index contributed by atoms with van der Waals surface area (Å²) in [7, 11) is 0. The average molecular weight is 410 g/mol. The molecule has 0 bridgehead atoms. The molecule has 2 aliphatic rings. The predicted molar refractivity (Wildman–Crippen MR) is 120 cm³/mol. The first-order valence-electron chi connectivity index (χ1n) is 10.3. The van der Waals surface area contributed by atoms with E-state index < -0.39 is 0 Å². The van der Waals surface area contributed by atoms with Gasteiger partial charge in [0.2, 0.25) is 0 Å². The molecule has 0 radical (unpaired) electrons. The lowest BCUT2D eigenvalue weighted by Gasteiger charge is -2.29. The van der Waals surface area contributed by atoms with Crippen LogP contribution in [0.2, 0.25) is 5.02 Å². The smallest absolute Gasteiger partial charge is 0.148 e. The van der Waals surface area contributed by atoms with Crippen molar-refractivity contribution < 1.29 is 0 Å². The second-order valence-corrected chi connectivity index (χ2v) is 8.32. The highest BCUT2D eigenvalue weighted by molar-refractivity contribution is 6.31. The fourth-order valence-electron chi connectivity index (χ4n) is 4.92. The van der Waals surface area contributed by atoms with Crippen molar-refractivity contribution in [2.45, 2.75) is 52.0 Å². The lowest BCUT2D eigenvalue weighted by atomic mass is 9.78. The first-order chi connectivity index (χ1) is 14.0. The third-order valence-electron chi connectivity index (χ3n) is 6.27. The molecule has 1 fully saturated rings. The number of nitrogens with two attached hydrogens (primary N) is 1. The highest BCUT2D eigenvalue weighted by atomic mass is 35.5. The monoisotopic (exact) mass is 409 g/mol. The van der Waals surface area contributed by atoms with Crippen LogP contribution in [0.3, 0.4) is 0 Å². The maximum atomic E-state index is 6.34. The summed E-state index contributed by atoms with van der Waals surface area (Å²) in [5, 5.41) is 0.658. The van der Waals surface area contributed by atoms with Crippen molar-refractivity contribution in [3.8, 4) is 0 Å². The van der Waals surface area contributed by atoms with E-state index in [1.807, 2.05) is 44.4 Å². The average Bonchev–Trinajstić information content (AvgIpc) is 3.34. The summed E-state index contributed by atoms with van der Waals surface area (Å²) in [6.45, 7) is 11.4. The van der Waals surface area contributed by atoms with Crippen molar-refractivity contribution >= 4 is 28.3 Å². The van der Waals surface area contributed by atoms with Gasteiger partial charge < -0.3 is 10.7 Å². The number of nitrogen functional groups attached to an aromatic ring is 1. The predicted octanol–water partition coefficient (Wildman–Crippen LogP) is 5.42. The standard InChI is InChI=1S/C21H22ClN5.C2H6/c1-13-5-7-21(10-13)14(2)26(19-11-24-8-6-16(19)21)12-20-25-17-9-15(22)3-4-18(17)27(20)23;1-2/h3-4,6,8-9,11,13H,2,5,7,10,12,23H2,1H3;1-2H3. The molecule has 1 aromatic carbocycles. The Kier molecular flexibility index (Phi) is 5.03. The Hall–Kier alpha value is -2.53. The zero-order valence-corrected chi connectivity index (χ0v) is 18.1. The number of hydrogen-bond donors (Lipinski definition) is 1. The van der Waals surface area contributed by atoms with E-state index in [2.05, 4.69) is 29.5 Å². The molecule has 2 atom stereocenters. The molecule has 1 saturated carbocycles. The van der Waals surface area contributed by atoms with Gasteiger partial charge in [-0.05, 0) is 55.0 Å². The summed E-state index contributed by atoms with van der Waals surface area (Å²) in [6.07, 6.45) is 7.32. The largest absolute Gasteiger partial charge is 0.337 e. The number of hydrogen-bond acceptors (Lipinski definition) is 4. The van der Waals surface area contributed by atoms with E-state index in [4.69, 9.17) is 22.4 Å². The van der Waals surface area contributed by atoms with Gasteiger partial charge in [-0.1, -0.05) is 39.0 Å². The van der Waals surface area contributed by atoms with Crippen LogP contribution < -0.4 is 10.7 Å². The summed E-state index contributed by atoms with van der Waals surface area (Å²) in [5.74, 6) is 7.82. The highest BCUT2D eigenvalue weighted by Crippen LogP contribution is 2.57. The summed E-state index contributed by atoms with van der Waals surface area (Å²) >= 11 is 6.11. The van der Waals surface area contributed by atoms with Gasteiger partial charge >= 0.3 is 0 Å². The molecular weight excluding hydrogens is 382 g/mol. The number of allylic oxidation sites excluding steroid dienone is 1. The van der Waals surface area contributed by atoms with Gasteiger partial charge in [-0.15, -0.1) is 0 Å². The molecule has 5 nitrogen and oxygen atoms in total. The van der Waals surface area contributed by atoms with E-state index in [-0.39, 0.29) is 5.41 Å². The Morgan fingerprint density at radius 3 is 2.83 bits per heavy atom. The van der Waals surface area contributed by atoms with Crippen LogP contribution in [-0.2, 0) is 12.0 Å². The van der Waals surface area contributed by atoms with Crippen LogP contribution in [0.25, 0.3) is 11.0 Å². The maximum absolute atomic E-state index is 6.34. The minimum absolute atomic E-state index is 0.0203. The molecule has 0 amide bonds. The van der Waals surface area contributed by atoms with Crippen LogP contribution in [0.4, 0.5) is 5.69 Å². The Labute approximate surface area is 177 Å². The van der Waals surface area contributed by atoms with Crippen LogP contribution in [0, 0.1) is 5.92 Å². The van der Waals surface area contributed by atoms with Crippen LogP contribution >= 0.6 is 11.6 Å². The van der Waals surface area contributed by atoms with Crippen LogP contribution in [0.5, 0.6) is 0 Å². The summed E-state index contributed by atoms with van der Waals surface area (Å²) < 4.78 is 1.65. The lowest BCUT2D eigenvalue weighted by molar-refractivity contribution is 0.500. The molecule has 0 saturated heterocycles. The van der Waals surface area contributed by atoms with Gasteiger partial charge in [0.15, 0.2) is 0 Å². The lowest BCUT2D eigenvalue weighted by Crippen LogP contribution is -2.29. The molecule has 2 unspecified atom stereocenters. The van der Waals surface area contributed by atoms with Gasteiger partial charge in [-0.3, -0.25) is 4.98 Å². The molecule has 152 valence electrons. The number of aromatic nitrogens is 3. The molecule has 5 rings (SSSR count). The number of benzene rings is 1. The second-order valence-electron chi connectivity index (χ2n) is 7.89. The number of fused-ring (bicyclic) bond motifs is 3. The summed E-state index contributed by atoms with van der Waals surface area (Å²) in [5.41, 5.74) is 5.30. The van der Waals surface area contributed by atoms with Crippen molar-refractivity contribution in [3.05, 3.63) is 65.3 Å². The molecule has 6 heteroatoms. The van der Waals surface area contributed by atoms with Crippen LogP contribution in [0.15, 0.2) is 48.9 Å². The quantitative estimate of drug-likeness (QED) is 0.574. The zero-order chi connectivity index (χ0) is 20.8. The Bertz CT molecular complexity index is 1070. The van der Waals surface area contributed by atoms with Crippen molar-refractivity contribution in [2.24, 2.45) is 5.92 Å². The Morgan fingerprint density at radius 2 is 2.10 bits per heavy atom.